The van der Waals surface area contributed by atoms with Crippen LogP contribution in [0.5, 0.6) is 5.75 Å². The second-order valence-corrected chi connectivity index (χ2v) is 5.47. The minimum atomic E-state index is -4.39. The molecule has 0 aliphatic carbocycles. The third-order valence-electron chi connectivity index (χ3n) is 3.67. The molecule has 0 saturated carbocycles. The molecular formula is C18H19F3N2O2. The number of carbonyl (C=O) groups excluding carboxylic acids is 1. The van der Waals surface area contributed by atoms with E-state index in [0.717, 1.165) is 17.7 Å². The molecule has 0 heterocycles. The molecule has 2 N–H and O–H groups in total. The van der Waals surface area contributed by atoms with Gasteiger partial charge in [0.25, 0.3) is 0 Å². The van der Waals surface area contributed by atoms with Gasteiger partial charge >= 0.3 is 6.18 Å². The summed E-state index contributed by atoms with van der Waals surface area (Å²) in [5.74, 6) is 0.368. The highest BCUT2D eigenvalue weighted by atomic mass is 19.4. The fraction of sp³-hybridized carbons (Fsp3) is 0.278. The van der Waals surface area contributed by atoms with Gasteiger partial charge in [-0.1, -0.05) is 18.2 Å². The topological polar surface area (TPSA) is 50.4 Å². The van der Waals surface area contributed by atoms with Crippen molar-refractivity contribution in [3.05, 3.63) is 59.7 Å². The van der Waals surface area contributed by atoms with Crippen LogP contribution in [-0.4, -0.2) is 19.6 Å². The van der Waals surface area contributed by atoms with Crippen molar-refractivity contribution in [1.29, 1.82) is 0 Å². The molecule has 0 radical (unpaired) electrons. The maximum absolute atomic E-state index is 12.5. The van der Waals surface area contributed by atoms with Crippen LogP contribution < -0.4 is 15.4 Å². The van der Waals surface area contributed by atoms with Crippen LogP contribution >= 0.6 is 0 Å². The first-order valence-corrected chi connectivity index (χ1v) is 7.64. The smallest absolute Gasteiger partial charge is 0.416 e. The summed E-state index contributed by atoms with van der Waals surface area (Å²) < 4.78 is 42.8. The van der Waals surface area contributed by atoms with Gasteiger partial charge in [-0.2, -0.15) is 13.2 Å². The number of rotatable bonds is 6. The van der Waals surface area contributed by atoms with E-state index in [4.69, 9.17) is 4.74 Å². The molecule has 2 rings (SSSR count). The number of halogens is 3. The quantitative estimate of drug-likeness (QED) is 0.826. The zero-order valence-electron chi connectivity index (χ0n) is 13.9. The Bertz CT molecular complexity index is 715. The van der Waals surface area contributed by atoms with Crippen molar-refractivity contribution in [2.24, 2.45) is 0 Å². The summed E-state index contributed by atoms with van der Waals surface area (Å²) in [4.78, 5) is 12.0. The number of carbonyl (C=O) groups is 1. The molecule has 4 nitrogen and oxygen atoms in total. The molecule has 0 saturated heterocycles. The largest absolute Gasteiger partial charge is 0.496 e. The minimum Gasteiger partial charge on any atom is -0.496 e. The molecule has 0 bridgehead atoms. The maximum atomic E-state index is 12.5. The van der Waals surface area contributed by atoms with Gasteiger partial charge in [0.15, 0.2) is 0 Å². The van der Waals surface area contributed by atoms with Crippen LogP contribution in [0.1, 0.15) is 24.1 Å². The Labute approximate surface area is 144 Å². The summed E-state index contributed by atoms with van der Waals surface area (Å²) in [5, 5.41) is 5.61. The van der Waals surface area contributed by atoms with E-state index in [1.165, 1.54) is 12.1 Å². The van der Waals surface area contributed by atoms with E-state index in [-0.39, 0.29) is 18.5 Å². The van der Waals surface area contributed by atoms with Crippen LogP contribution in [0.15, 0.2) is 48.5 Å². The Kier molecular flexibility index (Phi) is 6.03. The highest BCUT2D eigenvalue weighted by Gasteiger charge is 2.29. The van der Waals surface area contributed by atoms with E-state index in [9.17, 15) is 18.0 Å². The average Bonchev–Trinajstić information content (AvgIpc) is 2.59. The lowest BCUT2D eigenvalue weighted by Crippen LogP contribution is -2.30. The molecule has 2 aromatic rings. The van der Waals surface area contributed by atoms with Crippen molar-refractivity contribution in [1.82, 2.24) is 5.32 Å². The zero-order chi connectivity index (χ0) is 18.4. The van der Waals surface area contributed by atoms with E-state index in [0.29, 0.717) is 11.4 Å². The standard InChI is InChI=1S/C18H19F3N2O2/c1-12(15-5-3-4-6-16(15)25-2)22-11-17(24)23-14-9-7-13(8-10-14)18(19,20)21/h3-10,12,22H,11H2,1-2H3,(H,23,24). The summed E-state index contributed by atoms with van der Waals surface area (Å²) in [6.07, 6.45) is -4.39. The molecule has 134 valence electrons. The molecule has 0 aliphatic rings. The molecule has 0 aromatic heterocycles. The third-order valence-corrected chi connectivity index (χ3v) is 3.67. The summed E-state index contributed by atoms with van der Waals surface area (Å²) >= 11 is 0. The molecule has 2 aromatic carbocycles. The van der Waals surface area contributed by atoms with E-state index in [2.05, 4.69) is 10.6 Å². The van der Waals surface area contributed by atoms with Gasteiger partial charge in [0.05, 0.1) is 19.2 Å². The number of hydrogen-bond donors (Lipinski definition) is 2. The van der Waals surface area contributed by atoms with E-state index in [1.807, 2.05) is 31.2 Å². The van der Waals surface area contributed by atoms with Crippen molar-refractivity contribution in [2.75, 3.05) is 19.0 Å². The Balaban J connectivity index is 1.90. The van der Waals surface area contributed by atoms with Gasteiger partial charge in [-0.25, -0.2) is 0 Å². The fourth-order valence-corrected chi connectivity index (χ4v) is 2.33. The summed E-state index contributed by atoms with van der Waals surface area (Å²) in [7, 11) is 1.57. The van der Waals surface area contributed by atoms with E-state index < -0.39 is 11.7 Å². The lowest BCUT2D eigenvalue weighted by atomic mass is 10.1. The number of methoxy groups -OCH3 is 1. The Morgan fingerprint density at radius 3 is 2.36 bits per heavy atom. The van der Waals surface area contributed by atoms with Crippen molar-refractivity contribution in [2.45, 2.75) is 19.1 Å². The lowest BCUT2D eigenvalue weighted by Gasteiger charge is -2.17. The SMILES string of the molecule is COc1ccccc1C(C)NCC(=O)Nc1ccc(C(F)(F)F)cc1. The number of ether oxygens (including phenoxy) is 1. The van der Waals surface area contributed by atoms with Crippen molar-refractivity contribution >= 4 is 11.6 Å². The molecule has 1 atom stereocenters. The zero-order valence-corrected chi connectivity index (χ0v) is 13.9. The van der Waals surface area contributed by atoms with Crippen LogP contribution in [0.4, 0.5) is 18.9 Å². The second kappa shape index (κ2) is 8.02. The average molecular weight is 352 g/mol. The molecule has 1 unspecified atom stereocenters. The monoisotopic (exact) mass is 352 g/mol. The lowest BCUT2D eigenvalue weighted by molar-refractivity contribution is -0.137. The van der Waals surface area contributed by atoms with Crippen molar-refractivity contribution < 1.29 is 22.7 Å². The molecule has 0 spiro atoms. The van der Waals surface area contributed by atoms with E-state index in [1.54, 1.807) is 7.11 Å². The van der Waals surface area contributed by atoms with Gasteiger partial charge in [-0.15, -0.1) is 0 Å². The van der Waals surface area contributed by atoms with Crippen LogP contribution in [0.3, 0.4) is 0 Å². The van der Waals surface area contributed by atoms with Gasteiger partial charge in [0.2, 0.25) is 5.91 Å². The van der Waals surface area contributed by atoms with E-state index >= 15 is 0 Å². The number of benzene rings is 2. The molecule has 7 heteroatoms. The normalized spacial score (nSPS) is 12.5. The van der Waals surface area contributed by atoms with Gasteiger partial charge in [-0.05, 0) is 37.3 Å². The number of para-hydroxylation sites is 1. The van der Waals surface area contributed by atoms with Crippen LogP contribution in [0.2, 0.25) is 0 Å². The first-order valence-electron chi connectivity index (χ1n) is 7.64. The number of amides is 1. The predicted molar refractivity (Wildman–Crippen MR) is 89.5 cm³/mol. The van der Waals surface area contributed by atoms with Gasteiger partial charge in [0, 0.05) is 17.3 Å². The first kappa shape index (κ1) is 18.8. The van der Waals surface area contributed by atoms with Crippen molar-refractivity contribution in [3.8, 4) is 5.75 Å². The highest BCUT2D eigenvalue weighted by Crippen LogP contribution is 2.29. The number of anilines is 1. The minimum absolute atomic E-state index is 0.0141. The number of alkyl halides is 3. The van der Waals surface area contributed by atoms with Crippen LogP contribution in [0.25, 0.3) is 0 Å². The maximum Gasteiger partial charge on any atom is 0.416 e. The molecular weight excluding hydrogens is 333 g/mol. The van der Waals surface area contributed by atoms with Crippen LogP contribution in [0, 0.1) is 0 Å². The van der Waals surface area contributed by atoms with Crippen LogP contribution in [-0.2, 0) is 11.0 Å². The number of hydrogen-bond acceptors (Lipinski definition) is 3. The molecule has 0 aliphatic heterocycles. The third kappa shape index (κ3) is 5.22. The van der Waals surface area contributed by atoms with Gasteiger partial charge in [0.1, 0.15) is 5.75 Å². The van der Waals surface area contributed by atoms with Crippen molar-refractivity contribution in [3.63, 3.8) is 0 Å². The number of nitrogens with one attached hydrogen (secondary N) is 2. The Hall–Kier alpha value is -2.54. The summed E-state index contributed by atoms with van der Waals surface area (Å²) in [5.41, 5.74) is 0.463. The molecule has 25 heavy (non-hydrogen) atoms. The first-order chi connectivity index (χ1) is 11.8. The van der Waals surface area contributed by atoms with Gasteiger partial charge < -0.3 is 15.4 Å². The van der Waals surface area contributed by atoms with Gasteiger partial charge in [-0.3, -0.25) is 4.79 Å². The second-order valence-electron chi connectivity index (χ2n) is 5.47. The Morgan fingerprint density at radius 2 is 1.76 bits per heavy atom. The molecule has 0 fully saturated rings. The fourth-order valence-electron chi connectivity index (χ4n) is 2.33. The summed E-state index contributed by atoms with van der Waals surface area (Å²) in [6, 6.07) is 11.6. The Morgan fingerprint density at radius 1 is 1.12 bits per heavy atom. The summed E-state index contributed by atoms with van der Waals surface area (Å²) in [6.45, 7) is 1.91. The molecule has 1 amide bonds. The highest BCUT2D eigenvalue weighted by molar-refractivity contribution is 5.92. The predicted octanol–water partition coefficient (Wildman–Crippen LogP) is 4.00.